The molecule has 0 atom stereocenters. The SMILES string of the molecule is COc1ncccc1COc1cc(C(=N)N)ccc1C. The van der Waals surface area contributed by atoms with Crippen LogP contribution in [-0.4, -0.2) is 17.9 Å². The van der Waals surface area contributed by atoms with Crippen molar-refractivity contribution < 1.29 is 9.47 Å². The van der Waals surface area contributed by atoms with Gasteiger partial charge in [0.25, 0.3) is 0 Å². The first-order valence-corrected chi connectivity index (χ1v) is 6.17. The lowest BCUT2D eigenvalue weighted by Gasteiger charge is -2.12. The minimum atomic E-state index is 0.0220. The molecule has 0 spiro atoms. The summed E-state index contributed by atoms with van der Waals surface area (Å²) in [5, 5.41) is 7.45. The van der Waals surface area contributed by atoms with Gasteiger partial charge >= 0.3 is 0 Å². The summed E-state index contributed by atoms with van der Waals surface area (Å²) in [6, 6.07) is 9.18. The fourth-order valence-corrected chi connectivity index (χ4v) is 1.80. The number of nitrogens with zero attached hydrogens (tertiary/aromatic N) is 1. The van der Waals surface area contributed by atoms with E-state index in [1.165, 1.54) is 0 Å². The summed E-state index contributed by atoms with van der Waals surface area (Å²) in [5.41, 5.74) is 7.97. The van der Waals surface area contributed by atoms with Gasteiger partial charge in [-0.3, -0.25) is 5.41 Å². The van der Waals surface area contributed by atoms with Gasteiger partial charge in [-0.2, -0.15) is 0 Å². The summed E-state index contributed by atoms with van der Waals surface area (Å²) >= 11 is 0. The summed E-state index contributed by atoms with van der Waals surface area (Å²) in [6.45, 7) is 2.29. The molecule has 5 heteroatoms. The van der Waals surface area contributed by atoms with E-state index in [1.807, 2.05) is 25.1 Å². The molecule has 3 N–H and O–H groups in total. The highest BCUT2D eigenvalue weighted by atomic mass is 16.5. The molecular formula is C15H17N3O2. The van der Waals surface area contributed by atoms with E-state index in [0.717, 1.165) is 11.1 Å². The number of methoxy groups -OCH3 is 1. The average molecular weight is 271 g/mol. The summed E-state index contributed by atoms with van der Waals surface area (Å²) < 4.78 is 11.0. The van der Waals surface area contributed by atoms with Crippen LogP contribution in [0.5, 0.6) is 11.6 Å². The normalized spacial score (nSPS) is 10.1. The molecule has 20 heavy (non-hydrogen) atoms. The van der Waals surface area contributed by atoms with Crippen LogP contribution in [-0.2, 0) is 6.61 Å². The number of nitrogens with one attached hydrogen (secondary N) is 1. The van der Waals surface area contributed by atoms with E-state index < -0.39 is 0 Å². The maximum atomic E-state index is 7.45. The van der Waals surface area contributed by atoms with E-state index in [9.17, 15) is 0 Å². The Balaban J connectivity index is 2.18. The van der Waals surface area contributed by atoms with Crippen molar-refractivity contribution >= 4 is 5.84 Å². The van der Waals surface area contributed by atoms with E-state index in [1.54, 1.807) is 25.4 Å². The van der Waals surface area contributed by atoms with Gasteiger partial charge in [-0.05, 0) is 30.7 Å². The highest BCUT2D eigenvalue weighted by Gasteiger charge is 2.07. The van der Waals surface area contributed by atoms with Crippen LogP contribution in [0.3, 0.4) is 0 Å². The quantitative estimate of drug-likeness (QED) is 0.645. The Labute approximate surface area is 117 Å². The Kier molecular flexibility index (Phi) is 4.20. The van der Waals surface area contributed by atoms with Crippen molar-refractivity contribution in [2.75, 3.05) is 7.11 Å². The summed E-state index contributed by atoms with van der Waals surface area (Å²) in [4.78, 5) is 4.12. The zero-order chi connectivity index (χ0) is 14.5. The Bertz CT molecular complexity index is 626. The van der Waals surface area contributed by atoms with Gasteiger partial charge in [-0.25, -0.2) is 4.98 Å². The maximum Gasteiger partial charge on any atom is 0.219 e. The van der Waals surface area contributed by atoms with Crippen molar-refractivity contribution in [2.24, 2.45) is 5.73 Å². The van der Waals surface area contributed by atoms with E-state index in [0.29, 0.717) is 23.8 Å². The number of hydrogen-bond donors (Lipinski definition) is 2. The van der Waals surface area contributed by atoms with Crippen molar-refractivity contribution in [3.05, 3.63) is 53.2 Å². The molecule has 2 aromatic rings. The second kappa shape index (κ2) is 6.06. The van der Waals surface area contributed by atoms with Crippen molar-refractivity contribution in [3.8, 4) is 11.6 Å². The van der Waals surface area contributed by atoms with Crippen molar-refractivity contribution in [1.29, 1.82) is 5.41 Å². The molecule has 1 aromatic carbocycles. The Morgan fingerprint density at radius 2 is 2.15 bits per heavy atom. The standard InChI is InChI=1S/C15H17N3O2/c1-10-5-6-11(14(16)17)8-13(10)20-9-12-4-3-7-18-15(12)19-2/h3-8H,9H2,1-2H3,(H3,16,17). The Morgan fingerprint density at radius 3 is 2.85 bits per heavy atom. The molecule has 1 heterocycles. The smallest absolute Gasteiger partial charge is 0.219 e. The number of rotatable bonds is 5. The molecule has 104 valence electrons. The first-order chi connectivity index (χ1) is 9.61. The third-order valence-corrected chi connectivity index (χ3v) is 2.93. The lowest BCUT2D eigenvalue weighted by molar-refractivity contribution is 0.292. The van der Waals surface area contributed by atoms with Gasteiger partial charge < -0.3 is 15.2 Å². The van der Waals surface area contributed by atoms with Crippen LogP contribution in [0.4, 0.5) is 0 Å². The number of pyridine rings is 1. The van der Waals surface area contributed by atoms with Crippen LogP contribution in [0, 0.1) is 12.3 Å². The first kappa shape index (κ1) is 13.9. The molecule has 0 amide bonds. The van der Waals surface area contributed by atoms with E-state index in [-0.39, 0.29) is 5.84 Å². The number of aromatic nitrogens is 1. The predicted octanol–water partition coefficient (Wildman–Crippen LogP) is 2.26. The molecule has 0 bridgehead atoms. The average Bonchev–Trinajstić information content (AvgIpc) is 2.46. The van der Waals surface area contributed by atoms with Gasteiger partial charge in [0, 0.05) is 11.8 Å². The van der Waals surface area contributed by atoms with E-state index in [4.69, 9.17) is 20.6 Å². The summed E-state index contributed by atoms with van der Waals surface area (Å²) in [7, 11) is 1.58. The van der Waals surface area contributed by atoms with Crippen LogP contribution in [0.1, 0.15) is 16.7 Å². The molecule has 5 nitrogen and oxygen atoms in total. The number of nitrogens with two attached hydrogens (primary N) is 1. The van der Waals surface area contributed by atoms with Gasteiger partial charge in [0.05, 0.1) is 12.7 Å². The third kappa shape index (κ3) is 3.06. The van der Waals surface area contributed by atoms with Crippen molar-refractivity contribution in [1.82, 2.24) is 4.98 Å². The van der Waals surface area contributed by atoms with Gasteiger partial charge in [0.2, 0.25) is 5.88 Å². The zero-order valence-electron chi connectivity index (χ0n) is 11.5. The fraction of sp³-hybridized carbons (Fsp3) is 0.200. The fourth-order valence-electron chi connectivity index (χ4n) is 1.80. The minimum absolute atomic E-state index is 0.0220. The monoisotopic (exact) mass is 271 g/mol. The molecule has 2 rings (SSSR count). The van der Waals surface area contributed by atoms with Crippen LogP contribution in [0.15, 0.2) is 36.5 Å². The third-order valence-electron chi connectivity index (χ3n) is 2.93. The number of amidine groups is 1. The molecule has 0 fully saturated rings. The van der Waals surface area contributed by atoms with E-state index in [2.05, 4.69) is 4.98 Å². The van der Waals surface area contributed by atoms with Gasteiger partial charge in [0.15, 0.2) is 0 Å². The number of ether oxygens (including phenoxy) is 2. The van der Waals surface area contributed by atoms with Gasteiger partial charge in [-0.15, -0.1) is 0 Å². The van der Waals surface area contributed by atoms with Crippen LogP contribution >= 0.6 is 0 Å². The molecule has 0 radical (unpaired) electrons. The molecule has 1 aromatic heterocycles. The first-order valence-electron chi connectivity index (χ1n) is 6.17. The second-order valence-electron chi connectivity index (χ2n) is 4.35. The predicted molar refractivity (Wildman–Crippen MR) is 77.3 cm³/mol. The molecule has 0 saturated carbocycles. The number of aryl methyl sites for hydroxylation is 1. The zero-order valence-corrected chi connectivity index (χ0v) is 11.5. The Hall–Kier alpha value is -2.56. The van der Waals surface area contributed by atoms with Crippen LogP contribution in [0.2, 0.25) is 0 Å². The number of nitrogen functional groups attached to an aromatic ring is 1. The molecule has 0 aliphatic carbocycles. The number of hydrogen-bond acceptors (Lipinski definition) is 4. The Morgan fingerprint density at radius 1 is 1.35 bits per heavy atom. The summed E-state index contributed by atoms with van der Waals surface area (Å²) in [5.74, 6) is 1.27. The van der Waals surface area contributed by atoms with Crippen LogP contribution < -0.4 is 15.2 Å². The molecule has 0 aliphatic rings. The largest absolute Gasteiger partial charge is 0.488 e. The minimum Gasteiger partial charge on any atom is -0.488 e. The highest BCUT2D eigenvalue weighted by molar-refractivity contribution is 5.95. The van der Waals surface area contributed by atoms with Crippen molar-refractivity contribution in [2.45, 2.75) is 13.5 Å². The second-order valence-corrected chi connectivity index (χ2v) is 4.35. The molecule has 0 unspecified atom stereocenters. The lowest BCUT2D eigenvalue weighted by Crippen LogP contribution is -2.11. The lowest BCUT2D eigenvalue weighted by atomic mass is 10.1. The number of benzene rings is 1. The van der Waals surface area contributed by atoms with Gasteiger partial charge in [0.1, 0.15) is 18.2 Å². The molecule has 0 aliphatic heterocycles. The van der Waals surface area contributed by atoms with E-state index >= 15 is 0 Å². The summed E-state index contributed by atoms with van der Waals surface area (Å²) in [6.07, 6.45) is 1.67. The topological polar surface area (TPSA) is 81.2 Å². The molecule has 0 saturated heterocycles. The maximum absolute atomic E-state index is 7.45. The van der Waals surface area contributed by atoms with Crippen molar-refractivity contribution in [3.63, 3.8) is 0 Å². The van der Waals surface area contributed by atoms with Gasteiger partial charge in [-0.1, -0.05) is 12.1 Å². The molecular weight excluding hydrogens is 254 g/mol. The van der Waals surface area contributed by atoms with Crippen LogP contribution in [0.25, 0.3) is 0 Å². The highest BCUT2D eigenvalue weighted by Crippen LogP contribution is 2.22.